The van der Waals surface area contributed by atoms with Gasteiger partial charge in [-0.1, -0.05) is 15.6 Å². The zero-order valence-corrected chi connectivity index (χ0v) is 74.3. The van der Waals surface area contributed by atoms with Crippen LogP contribution in [0.15, 0.2) is 76.1 Å². The number of halogens is 4. The van der Waals surface area contributed by atoms with Crippen LogP contribution in [0.25, 0.3) is 66.9 Å². The van der Waals surface area contributed by atoms with Crippen LogP contribution in [-0.4, -0.2) is 280 Å². The normalized spacial score (nSPS) is 36.9. The van der Waals surface area contributed by atoms with Crippen LogP contribution >= 0.6 is 43.6 Å². The summed E-state index contributed by atoms with van der Waals surface area (Å²) in [7, 11) is -15.1. The summed E-state index contributed by atoms with van der Waals surface area (Å²) in [5, 5.41) is 23.8. The molecule has 59 nitrogen and oxygen atoms in total. The first kappa shape index (κ1) is 93.0. The van der Waals surface area contributed by atoms with Crippen molar-refractivity contribution < 1.29 is 143 Å². The highest BCUT2D eigenvalue weighted by Crippen LogP contribution is 2.59. The smallest absolute Gasteiger partial charge is 0.398 e. The van der Waals surface area contributed by atoms with Gasteiger partial charge < -0.3 is 119 Å². The number of phosphoric ester groups is 3. The minimum absolute atomic E-state index is 0.0298. The molecule has 0 saturated carbocycles. The highest BCUT2D eigenvalue weighted by atomic mass is 32.5. The predicted molar refractivity (Wildman–Crippen MR) is 445 cm³/mol. The van der Waals surface area contributed by atoms with Crippen LogP contribution in [-0.2, 0) is 132 Å². The SMILES string of the molecule is Nc1nc2c(ncn2[C@@H]2O[C@@H]3COP(=O)(O)O[C@H]4[C@H](F)[C@H](n5nnc6c(N)ccnc65)O[C@@H]4COP(O)(=S)O[C@@H]2C3)c(=O)[nH]1.Nc1nc2c(ncn2[C@@H]2O[C@@H]3COP(=O)(O)O[C@H]4[C@H](F)[C@H](n5nnc6c(N)ccnc65)O[C@@H]4COP(O)(=S)O[C@@H]2[C@@H]3F)c(=O)[nH]1.Nc1nc2c(nnn2[C@@H]2O[C@@H]3COP(=O)(O)O[C@H]4[C@H](F)[C@H](n5ccc6c(N)ccnc65)O[C@@H]4COP(O)(=S)O[C@@H]2C3)c(=O)[nH]1. The number of rotatable bonds is 6. The zero-order valence-electron chi connectivity index (χ0n) is 66.4. The second kappa shape index (κ2) is 35.5. The first-order valence-electron chi connectivity index (χ1n) is 38.7. The quantitative estimate of drug-likeness (QED) is 0.0763. The molecule has 72 heteroatoms. The molecule has 9 saturated heterocycles. The Balaban J connectivity index is 0.000000129. The van der Waals surface area contributed by atoms with Crippen molar-refractivity contribution in [1.29, 1.82) is 0 Å². The topological polar surface area (TPSA) is 803 Å². The van der Waals surface area contributed by atoms with Crippen LogP contribution in [0, 0.1) is 0 Å². The van der Waals surface area contributed by atoms with Crippen LogP contribution in [0.1, 0.15) is 50.2 Å². The van der Waals surface area contributed by atoms with Gasteiger partial charge in [0, 0.05) is 48.7 Å². The van der Waals surface area contributed by atoms with Crippen molar-refractivity contribution in [3.63, 3.8) is 0 Å². The summed E-state index contributed by atoms with van der Waals surface area (Å²) in [5.41, 5.74) is 33.9. The lowest BCUT2D eigenvalue weighted by Gasteiger charge is -2.27. The molecule has 0 amide bonds. The fourth-order valence-corrected chi connectivity index (χ4v) is 22.9. The third kappa shape index (κ3) is 18.4. The molecule has 12 aromatic rings. The van der Waals surface area contributed by atoms with E-state index < -0.39 is 235 Å². The van der Waals surface area contributed by atoms with Gasteiger partial charge in [0.05, 0.1) is 75.9 Å². The molecule has 21 N–H and O–H groups in total. The average Bonchev–Trinajstić information content (AvgIpc) is 1.62. The monoisotopic (exact) mass is 2050 g/mol. The number of hydrogen-bond acceptors (Lipinski definition) is 47. The van der Waals surface area contributed by atoms with E-state index in [1.54, 1.807) is 12.1 Å². The Morgan fingerprint density at radius 1 is 0.368 bits per heavy atom. The molecular formula is C61H69F4N29O30P6S3. The van der Waals surface area contributed by atoms with Gasteiger partial charge in [-0.3, -0.25) is 70.1 Å². The molecule has 0 radical (unpaired) electrons. The average molecular weight is 2050 g/mol. The first-order valence-corrected chi connectivity index (χ1v) is 51.0. The molecule has 0 spiro atoms. The number of ether oxygens (including phenoxy) is 6. The fourth-order valence-electron chi connectivity index (χ4n) is 15.7. The number of H-pyrrole nitrogens is 3. The molecule has 9 aliphatic heterocycles. The van der Waals surface area contributed by atoms with Gasteiger partial charge in [-0.15, -0.1) is 15.3 Å². The van der Waals surface area contributed by atoms with Crippen LogP contribution in [0.2, 0.25) is 0 Å². The third-order valence-electron chi connectivity index (χ3n) is 21.6. The number of nitrogen functional groups attached to an aromatic ring is 6. The Hall–Kier alpha value is -9.03. The maximum Gasteiger partial charge on any atom is 0.472 e. The van der Waals surface area contributed by atoms with Crippen LogP contribution in [0.5, 0.6) is 0 Å². The van der Waals surface area contributed by atoms with Crippen molar-refractivity contribution in [2.45, 2.75) is 148 Å². The largest absolute Gasteiger partial charge is 0.472 e. The number of nitrogens with zero attached hydrogens (tertiary/aromatic N) is 20. The van der Waals surface area contributed by atoms with E-state index in [1.807, 2.05) is 0 Å². The lowest BCUT2D eigenvalue weighted by Crippen LogP contribution is -2.34. The molecule has 21 heterocycles. The first-order chi connectivity index (χ1) is 63.1. The maximum absolute atomic E-state index is 15.9. The van der Waals surface area contributed by atoms with Gasteiger partial charge >= 0.3 is 43.6 Å². The van der Waals surface area contributed by atoms with Crippen molar-refractivity contribution in [2.24, 2.45) is 0 Å². The van der Waals surface area contributed by atoms with E-state index in [2.05, 4.69) is 85.8 Å². The van der Waals surface area contributed by atoms with E-state index in [0.29, 0.717) is 16.7 Å². The molecule has 28 atom stereocenters. The molecule has 0 aliphatic carbocycles. The summed E-state index contributed by atoms with van der Waals surface area (Å²) < 4.78 is 209. The number of phosphoric acid groups is 3. The number of nitrogens with two attached hydrogens (primary N) is 6. The van der Waals surface area contributed by atoms with Gasteiger partial charge in [-0.2, -0.15) is 29.0 Å². The number of nitrogens with one attached hydrogen (secondary N) is 3. The molecule has 6 bridgehead atoms. The summed E-state index contributed by atoms with van der Waals surface area (Å²) in [6.07, 6.45) is -26.1. The summed E-state index contributed by atoms with van der Waals surface area (Å²) in [5.74, 6) is -0.698. The zero-order chi connectivity index (χ0) is 93.8. The number of anilines is 6. The van der Waals surface area contributed by atoms with Crippen LogP contribution in [0.4, 0.5) is 52.5 Å². The number of pyridine rings is 3. The summed E-state index contributed by atoms with van der Waals surface area (Å²) in [6.45, 7) is -16.7. The van der Waals surface area contributed by atoms with Gasteiger partial charge in [0.2, 0.25) is 17.8 Å². The van der Waals surface area contributed by atoms with E-state index in [4.69, 9.17) is 153 Å². The van der Waals surface area contributed by atoms with Gasteiger partial charge in [0.25, 0.3) is 16.7 Å². The van der Waals surface area contributed by atoms with E-state index in [1.165, 1.54) is 52.4 Å². The van der Waals surface area contributed by atoms with Gasteiger partial charge in [0.15, 0.2) is 118 Å². The van der Waals surface area contributed by atoms with Crippen molar-refractivity contribution in [2.75, 3.05) is 74.0 Å². The number of fused-ring (bicyclic) bond motifs is 15. The van der Waals surface area contributed by atoms with Crippen LogP contribution in [0.3, 0.4) is 0 Å². The Bertz CT molecular complexity index is 6790. The molecule has 21 rings (SSSR count). The maximum atomic E-state index is 15.9. The molecule has 9 fully saturated rings. The Kier molecular flexibility index (Phi) is 24.8. The van der Waals surface area contributed by atoms with Crippen molar-refractivity contribution in [3.8, 4) is 0 Å². The van der Waals surface area contributed by atoms with Crippen molar-refractivity contribution >= 4 is 181 Å². The Morgan fingerprint density at radius 2 is 0.752 bits per heavy atom. The van der Waals surface area contributed by atoms with E-state index in [-0.39, 0.29) is 97.9 Å². The highest BCUT2D eigenvalue weighted by molar-refractivity contribution is 8.07. The lowest BCUT2D eigenvalue weighted by atomic mass is 10.1. The van der Waals surface area contributed by atoms with Gasteiger partial charge in [0.1, 0.15) is 66.7 Å². The van der Waals surface area contributed by atoms with E-state index in [0.717, 1.165) is 24.9 Å². The number of imidazole rings is 2. The molecule has 0 aromatic carbocycles. The van der Waals surface area contributed by atoms with Crippen LogP contribution < -0.4 is 51.1 Å². The summed E-state index contributed by atoms with van der Waals surface area (Å²) in [4.78, 5) is 141. The number of alkyl halides is 4. The minimum atomic E-state index is -5.16. The summed E-state index contributed by atoms with van der Waals surface area (Å²) >= 11 is 15.6. The Labute approximate surface area is 749 Å². The van der Waals surface area contributed by atoms with Crippen molar-refractivity contribution in [3.05, 3.63) is 92.8 Å². The standard InChI is InChI=1S/C21H24FN9O10P2S.C20H22F2N10O10P2S.C20H23FN10O10P2S/c22-13-15-12(39-20(13)30-4-2-9-10(23)1-3-25-16(9)30)7-37-43(35,44)40-11-5-8(6-36-42(33,34)41-15)38-19(11)31-17-14(28-29-31)18(32)27-21(24)26-17;21-9-7-3-37-43(34,35)41-13-8(40-18(10(13)22)32-15-11(29-30-32)6(23)1-2-25-15)4-38-44(36,45)42-14(9)19(39-7)31-5-26-12-16(31)27-20(24)28-17(12)33;21-11-14-10(39-19(11)31-15-12(28-29-31)8(22)1-2-24-15)5-37-43(35,44)40-9-3-7(4-36-42(33,34)41-14)38-18(9)30-6-25-13-16(30)26-20(23)27-17(13)32/h1-4,8,11-13,15,19-20H,5-7H2,(H2,23,25)(H,33,34)(H,35,44)(H3,24,26,27,32);1-2,5,7-10,13-14,18-19H,3-4H2,(H2,23,25)(H,34,35)(H,36,45)(H3,24,27,28,33);1-2,6-7,9-11,14,18-19H,3-5H2,(H2,22,24)(H,33,34)(H,35,44)(H3,23,26,27,32)/t8-,11+,12+,13-,15+,19+,20+,43?;7-,8-,9-,10+,13-,14-,18-,19-,44?;7-,9+,10+,11-,14+,18+,19+,43?/m010/s1. The number of aromatic amines is 3. The predicted octanol–water partition coefficient (Wildman–Crippen LogP) is -0.103. The number of aromatic nitrogens is 23. The molecule has 9 aliphatic rings. The summed E-state index contributed by atoms with van der Waals surface area (Å²) in [6, 6.07) is 6.12. The Morgan fingerprint density at radius 3 is 1.25 bits per heavy atom. The van der Waals surface area contributed by atoms with Gasteiger partial charge in [-0.25, -0.2) is 56.2 Å². The van der Waals surface area contributed by atoms with Crippen molar-refractivity contribution in [1.82, 2.24) is 114 Å². The minimum Gasteiger partial charge on any atom is -0.398 e. The van der Waals surface area contributed by atoms with Gasteiger partial charge in [-0.05, 0) is 59.7 Å². The molecular weight excluding hydrogens is 1980 g/mol. The second-order valence-electron chi connectivity index (χ2n) is 30.2. The fraction of sp³-hybridized carbons (Fsp3) is 0.492. The third-order valence-corrected chi connectivity index (χ3v) is 29.3. The lowest BCUT2D eigenvalue weighted by molar-refractivity contribution is -0.0665. The highest BCUT2D eigenvalue weighted by Gasteiger charge is 2.58. The number of hydrogen-bond donors (Lipinski definition) is 15. The molecule has 12 aromatic heterocycles. The molecule has 6 unspecified atom stereocenters. The second-order valence-corrected chi connectivity index (χ2v) is 42.8. The molecule has 133 heavy (non-hydrogen) atoms. The van der Waals surface area contributed by atoms with E-state index >= 15 is 17.6 Å². The molecule has 714 valence electrons. The van der Waals surface area contributed by atoms with E-state index in [9.17, 15) is 57.4 Å².